The number of hydrogen-bond donors (Lipinski definition) is 1. The molecule has 42 heavy (non-hydrogen) atoms. The molecule has 2 fully saturated rings. The fraction of sp³-hybridized carbons (Fsp3) is 0.419. The van der Waals surface area contributed by atoms with Gasteiger partial charge in [0.05, 0.1) is 17.0 Å². The highest BCUT2D eigenvalue weighted by molar-refractivity contribution is 8.00. The monoisotopic (exact) mass is 607 g/mol. The van der Waals surface area contributed by atoms with Gasteiger partial charge in [0.15, 0.2) is 5.13 Å². The number of benzene rings is 2. The van der Waals surface area contributed by atoms with Gasteiger partial charge in [0, 0.05) is 69.7 Å². The standard InChI is InChI=1S/C31H37N5O4S2/c1-22(37)34-13-15-35(16-14-34)30(39)26-6-3-5-24(17-26)21-41-28-18-32-31(42-28)33-29(38)25-10-8-23(9-11-25)19-36-12-4-7-27(36)20-40-2/h3,5-6,8-11,17-18,27H,4,7,12-16,19-21H2,1-2H3,(H,32,33,38)/t27-/m0/s1. The van der Waals surface area contributed by atoms with Gasteiger partial charge < -0.3 is 14.5 Å². The number of aromatic nitrogens is 1. The molecule has 2 aliphatic rings. The van der Waals surface area contributed by atoms with Crippen LogP contribution in [0.4, 0.5) is 5.13 Å². The average molecular weight is 608 g/mol. The van der Waals surface area contributed by atoms with E-state index in [9.17, 15) is 14.4 Å². The number of thiazole rings is 1. The van der Waals surface area contributed by atoms with E-state index in [0.29, 0.717) is 54.2 Å². The van der Waals surface area contributed by atoms with E-state index in [-0.39, 0.29) is 17.7 Å². The summed E-state index contributed by atoms with van der Waals surface area (Å²) in [6.45, 7) is 6.48. The number of thioether (sulfide) groups is 1. The lowest BCUT2D eigenvalue weighted by molar-refractivity contribution is -0.130. The minimum Gasteiger partial charge on any atom is -0.383 e. The molecule has 0 unspecified atom stereocenters. The fourth-order valence-corrected chi connectivity index (χ4v) is 7.20. The van der Waals surface area contributed by atoms with Crippen LogP contribution in [0.1, 0.15) is 51.6 Å². The molecule has 0 saturated carbocycles. The highest BCUT2D eigenvalue weighted by Crippen LogP contribution is 2.31. The molecule has 1 N–H and O–H groups in total. The van der Waals surface area contributed by atoms with Gasteiger partial charge in [-0.3, -0.25) is 24.6 Å². The molecule has 1 atom stereocenters. The maximum atomic E-state index is 13.0. The van der Waals surface area contributed by atoms with Crippen molar-refractivity contribution in [3.8, 4) is 0 Å². The van der Waals surface area contributed by atoms with Crippen molar-refractivity contribution in [3.63, 3.8) is 0 Å². The van der Waals surface area contributed by atoms with Crippen molar-refractivity contribution in [1.82, 2.24) is 19.7 Å². The Morgan fingerprint density at radius 2 is 1.76 bits per heavy atom. The molecule has 11 heteroatoms. The Bertz CT molecular complexity index is 1390. The zero-order valence-electron chi connectivity index (χ0n) is 24.1. The molecule has 3 heterocycles. The topological polar surface area (TPSA) is 95.1 Å². The summed E-state index contributed by atoms with van der Waals surface area (Å²) in [7, 11) is 1.75. The zero-order chi connectivity index (χ0) is 29.5. The van der Waals surface area contributed by atoms with Crippen LogP contribution in [0.2, 0.25) is 0 Å². The predicted molar refractivity (Wildman–Crippen MR) is 166 cm³/mol. The Kier molecular flexibility index (Phi) is 10.3. The van der Waals surface area contributed by atoms with E-state index in [1.54, 1.807) is 36.9 Å². The number of methoxy groups -OCH3 is 1. The van der Waals surface area contributed by atoms with E-state index in [2.05, 4.69) is 15.2 Å². The van der Waals surface area contributed by atoms with Gasteiger partial charge in [-0.05, 0) is 54.8 Å². The number of amides is 3. The number of nitrogens with one attached hydrogen (secondary N) is 1. The van der Waals surface area contributed by atoms with E-state index < -0.39 is 0 Å². The molecule has 5 rings (SSSR count). The summed E-state index contributed by atoms with van der Waals surface area (Å²) < 4.78 is 6.34. The number of rotatable bonds is 10. The lowest BCUT2D eigenvalue weighted by Crippen LogP contribution is -2.50. The molecule has 2 aromatic carbocycles. The minimum absolute atomic E-state index is 0.00722. The smallest absolute Gasteiger partial charge is 0.257 e. The van der Waals surface area contributed by atoms with Gasteiger partial charge in [0.25, 0.3) is 11.8 Å². The zero-order valence-corrected chi connectivity index (χ0v) is 25.7. The third-order valence-corrected chi connectivity index (χ3v) is 9.91. The predicted octanol–water partition coefficient (Wildman–Crippen LogP) is 4.60. The molecule has 1 aromatic heterocycles. The number of hydrogen-bond acceptors (Lipinski definition) is 8. The second kappa shape index (κ2) is 14.3. The van der Waals surface area contributed by atoms with Crippen LogP contribution in [0.25, 0.3) is 0 Å². The summed E-state index contributed by atoms with van der Waals surface area (Å²) in [5, 5.41) is 3.47. The number of ether oxygens (including phenoxy) is 1. The summed E-state index contributed by atoms with van der Waals surface area (Å²) in [6.07, 6.45) is 4.12. The molecule has 3 amide bonds. The molecule has 0 aliphatic carbocycles. The first-order valence-electron chi connectivity index (χ1n) is 14.2. The molecule has 9 nitrogen and oxygen atoms in total. The minimum atomic E-state index is -0.179. The van der Waals surface area contributed by atoms with Crippen LogP contribution >= 0.6 is 23.1 Å². The number of likely N-dealkylation sites (tertiary alicyclic amines) is 1. The number of carbonyl (C=O) groups excluding carboxylic acids is 3. The summed E-state index contributed by atoms with van der Waals surface area (Å²) in [4.78, 5) is 47.9. The summed E-state index contributed by atoms with van der Waals surface area (Å²) in [5.41, 5.74) is 3.48. The van der Waals surface area contributed by atoms with Crippen LogP contribution in [-0.4, -0.2) is 89.9 Å². The summed E-state index contributed by atoms with van der Waals surface area (Å²) >= 11 is 3.05. The first kappa shape index (κ1) is 30.2. The maximum Gasteiger partial charge on any atom is 0.257 e. The van der Waals surface area contributed by atoms with Gasteiger partial charge in [-0.2, -0.15) is 0 Å². The Hall–Kier alpha value is -3.25. The summed E-state index contributed by atoms with van der Waals surface area (Å²) in [6, 6.07) is 15.9. The largest absolute Gasteiger partial charge is 0.383 e. The van der Waals surface area contributed by atoms with Crippen molar-refractivity contribution in [2.45, 2.75) is 42.3 Å². The maximum absolute atomic E-state index is 13.0. The van der Waals surface area contributed by atoms with Crippen LogP contribution in [0.3, 0.4) is 0 Å². The van der Waals surface area contributed by atoms with Gasteiger partial charge in [0.1, 0.15) is 0 Å². The fourth-order valence-electron chi connectivity index (χ4n) is 5.39. The Morgan fingerprint density at radius 1 is 1.00 bits per heavy atom. The SMILES string of the molecule is COC[C@@H]1CCCN1Cc1ccc(C(=O)Nc2ncc(SCc3cccc(C(=O)N4CCN(C(C)=O)CC4)c3)s2)cc1. The molecule has 0 spiro atoms. The molecular weight excluding hydrogens is 571 g/mol. The highest BCUT2D eigenvalue weighted by Gasteiger charge is 2.25. The first-order valence-corrected chi connectivity index (χ1v) is 16.1. The van der Waals surface area contributed by atoms with Gasteiger partial charge in [-0.25, -0.2) is 4.98 Å². The Morgan fingerprint density at radius 3 is 2.50 bits per heavy atom. The van der Waals surface area contributed by atoms with Gasteiger partial charge in [0.2, 0.25) is 5.91 Å². The van der Waals surface area contributed by atoms with Crippen molar-refractivity contribution in [2.24, 2.45) is 0 Å². The van der Waals surface area contributed by atoms with Crippen LogP contribution in [0.15, 0.2) is 58.9 Å². The number of piperazine rings is 1. The normalized spacial score (nSPS) is 17.4. The molecule has 0 radical (unpaired) electrons. The highest BCUT2D eigenvalue weighted by atomic mass is 32.2. The number of anilines is 1. The lowest BCUT2D eigenvalue weighted by atomic mass is 10.1. The van der Waals surface area contributed by atoms with Crippen LogP contribution in [-0.2, 0) is 21.8 Å². The molecule has 2 aliphatic heterocycles. The van der Waals surface area contributed by atoms with E-state index in [0.717, 1.165) is 35.9 Å². The van der Waals surface area contributed by atoms with Crippen molar-refractivity contribution in [1.29, 1.82) is 0 Å². The summed E-state index contributed by atoms with van der Waals surface area (Å²) in [5.74, 6) is 0.540. The van der Waals surface area contributed by atoms with Crippen molar-refractivity contribution < 1.29 is 19.1 Å². The van der Waals surface area contributed by atoms with Crippen LogP contribution in [0, 0.1) is 0 Å². The third-order valence-electron chi connectivity index (χ3n) is 7.73. The van der Waals surface area contributed by atoms with E-state index in [4.69, 9.17) is 4.74 Å². The number of nitrogens with zero attached hydrogens (tertiary/aromatic N) is 4. The average Bonchev–Trinajstić information content (AvgIpc) is 3.65. The lowest BCUT2D eigenvalue weighted by Gasteiger charge is -2.34. The van der Waals surface area contributed by atoms with E-state index in [1.165, 1.54) is 23.3 Å². The molecule has 2 saturated heterocycles. The van der Waals surface area contributed by atoms with Gasteiger partial charge in [-0.1, -0.05) is 35.6 Å². The molecule has 222 valence electrons. The Balaban J connectivity index is 1.10. The van der Waals surface area contributed by atoms with E-state index in [1.807, 2.05) is 53.4 Å². The van der Waals surface area contributed by atoms with Crippen molar-refractivity contribution in [3.05, 3.63) is 77.0 Å². The first-order chi connectivity index (χ1) is 20.4. The van der Waals surface area contributed by atoms with Gasteiger partial charge in [-0.15, -0.1) is 11.8 Å². The second-order valence-electron chi connectivity index (χ2n) is 10.6. The van der Waals surface area contributed by atoms with Crippen molar-refractivity contribution >= 4 is 46.0 Å². The quantitative estimate of drug-likeness (QED) is 0.337. The molecule has 3 aromatic rings. The van der Waals surface area contributed by atoms with Crippen molar-refractivity contribution in [2.75, 3.05) is 51.8 Å². The van der Waals surface area contributed by atoms with Crippen LogP contribution in [0.5, 0.6) is 0 Å². The third kappa shape index (κ3) is 7.77. The van der Waals surface area contributed by atoms with E-state index >= 15 is 0 Å². The molecule has 0 bridgehead atoms. The van der Waals surface area contributed by atoms with Crippen LogP contribution < -0.4 is 5.32 Å². The Labute approximate surface area is 255 Å². The molecular formula is C31H37N5O4S2. The van der Waals surface area contributed by atoms with Gasteiger partial charge >= 0.3 is 0 Å². The second-order valence-corrected chi connectivity index (χ2v) is 13.0. The number of carbonyl (C=O) groups is 3.